The van der Waals surface area contributed by atoms with Crippen LogP contribution in [0.1, 0.15) is 21.6 Å². The van der Waals surface area contributed by atoms with E-state index in [0.717, 1.165) is 16.0 Å². The molecule has 2 heterocycles. The van der Waals surface area contributed by atoms with Crippen LogP contribution >= 0.6 is 11.3 Å². The molecular weight excluding hydrogens is 326 g/mol. The normalized spacial score (nSPS) is 10.7. The summed E-state index contributed by atoms with van der Waals surface area (Å²) in [6, 6.07) is 7.04. The number of carbonyl (C=O) groups excluding carboxylic acids is 1. The summed E-state index contributed by atoms with van der Waals surface area (Å²) in [5.74, 6) is 0.778. The Balaban J connectivity index is 1.91. The summed E-state index contributed by atoms with van der Waals surface area (Å²) in [6.45, 7) is 3.93. The number of pyridine rings is 1. The molecule has 0 aliphatic rings. The van der Waals surface area contributed by atoms with Crippen molar-refractivity contribution in [1.29, 1.82) is 0 Å². The van der Waals surface area contributed by atoms with E-state index in [9.17, 15) is 4.79 Å². The number of thiazole rings is 1. The lowest BCUT2D eigenvalue weighted by molar-refractivity contribution is 0.102. The smallest absolute Gasteiger partial charge is 0.261 e. The molecule has 3 rings (SSSR count). The highest BCUT2D eigenvalue weighted by molar-refractivity contribution is 7.22. The second kappa shape index (κ2) is 6.45. The maximum Gasteiger partial charge on any atom is 0.261 e. The highest BCUT2D eigenvalue weighted by atomic mass is 32.1. The quantitative estimate of drug-likeness (QED) is 0.784. The van der Waals surface area contributed by atoms with Crippen LogP contribution in [0, 0.1) is 13.8 Å². The second-order valence-electron chi connectivity index (χ2n) is 5.27. The molecule has 0 saturated heterocycles. The van der Waals surface area contributed by atoms with Crippen LogP contribution in [0.4, 0.5) is 5.13 Å². The molecule has 3 aromatic rings. The molecule has 124 valence electrons. The van der Waals surface area contributed by atoms with Gasteiger partial charge in [0.15, 0.2) is 10.8 Å². The fourth-order valence-electron chi connectivity index (χ4n) is 2.43. The molecule has 0 atom stereocenters. The molecule has 1 N–H and O–H groups in total. The van der Waals surface area contributed by atoms with Gasteiger partial charge in [0.2, 0.25) is 0 Å². The van der Waals surface area contributed by atoms with Gasteiger partial charge in [0.25, 0.3) is 5.91 Å². The molecule has 0 unspecified atom stereocenters. The summed E-state index contributed by atoms with van der Waals surface area (Å²) < 4.78 is 11.4. The van der Waals surface area contributed by atoms with Crippen LogP contribution in [0.15, 0.2) is 24.3 Å². The van der Waals surface area contributed by atoms with Gasteiger partial charge in [-0.05, 0) is 37.6 Å². The van der Waals surface area contributed by atoms with Crippen LogP contribution in [0.25, 0.3) is 10.3 Å². The highest BCUT2D eigenvalue weighted by Crippen LogP contribution is 2.30. The number of amides is 1. The molecule has 0 saturated carbocycles. The average Bonchev–Trinajstić information content (AvgIpc) is 2.96. The Morgan fingerprint density at radius 3 is 2.62 bits per heavy atom. The van der Waals surface area contributed by atoms with Gasteiger partial charge in [-0.15, -0.1) is 0 Å². The van der Waals surface area contributed by atoms with Gasteiger partial charge in [0.05, 0.1) is 24.5 Å². The predicted octanol–water partition coefficient (Wildman–Crippen LogP) is 3.58. The van der Waals surface area contributed by atoms with Gasteiger partial charge in [-0.1, -0.05) is 11.3 Å². The van der Waals surface area contributed by atoms with E-state index in [1.54, 1.807) is 25.3 Å². The molecule has 24 heavy (non-hydrogen) atoms. The Kier molecular flexibility index (Phi) is 4.35. The monoisotopic (exact) mass is 343 g/mol. The van der Waals surface area contributed by atoms with E-state index >= 15 is 0 Å². The van der Waals surface area contributed by atoms with Crippen LogP contribution in [-0.2, 0) is 0 Å². The molecule has 0 spiro atoms. The van der Waals surface area contributed by atoms with Gasteiger partial charge in [0, 0.05) is 11.8 Å². The molecule has 6 nitrogen and oxygen atoms in total. The van der Waals surface area contributed by atoms with Gasteiger partial charge in [-0.2, -0.15) is 4.98 Å². The van der Waals surface area contributed by atoms with Gasteiger partial charge in [-0.3, -0.25) is 10.1 Å². The molecule has 0 aliphatic heterocycles. The Hall–Kier alpha value is -2.67. The van der Waals surface area contributed by atoms with E-state index in [1.807, 2.05) is 19.9 Å². The summed E-state index contributed by atoms with van der Waals surface area (Å²) in [5, 5.41) is 3.32. The number of benzene rings is 1. The van der Waals surface area contributed by atoms with E-state index in [4.69, 9.17) is 9.47 Å². The van der Waals surface area contributed by atoms with E-state index < -0.39 is 0 Å². The van der Waals surface area contributed by atoms with E-state index in [2.05, 4.69) is 15.3 Å². The molecule has 0 fully saturated rings. The van der Waals surface area contributed by atoms with Crippen molar-refractivity contribution in [3.05, 3.63) is 41.1 Å². The molecule has 0 bridgehead atoms. The third-order valence-electron chi connectivity index (χ3n) is 3.55. The van der Waals surface area contributed by atoms with Crippen molar-refractivity contribution in [2.45, 2.75) is 13.8 Å². The number of hydrogen-bond donors (Lipinski definition) is 1. The van der Waals surface area contributed by atoms with Crippen molar-refractivity contribution in [3.63, 3.8) is 0 Å². The molecule has 0 radical (unpaired) electrons. The third kappa shape index (κ3) is 3.03. The van der Waals surface area contributed by atoms with Crippen molar-refractivity contribution in [2.75, 3.05) is 19.5 Å². The number of fused-ring (bicyclic) bond motifs is 1. The number of carbonyl (C=O) groups is 1. The Morgan fingerprint density at radius 2 is 1.92 bits per heavy atom. The molecular formula is C17H17N3O3S. The average molecular weight is 343 g/mol. The largest absolute Gasteiger partial charge is 0.497 e. The minimum absolute atomic E-state index is 0.289. The summed E-state index contributed by atoms with van der Waals surface area (Å²) in [6.07, 6.45) is 0. The number of nitrogens with zero attached hydrogens (tertiary/aromatic N) is 2. The van der Waals surface area contributed by atoms with Crippen molar-refractivity contribution in [2.24, 2.45) is 0 Å². The number of aromatic nitrogens is 2. The fourth-order valence-corrected chi connectivity index (χ4v) is 3.30. The SMILES string of the molecule is COc1ccc(C(=O)Nc2nc3nc(C)cc(C)c3s2)c(OC)c1. The van der Waals surface area contributed by atoms with Crippen molar-refractivity contribution < 1.29 is 14.3 Å². The number of hydrogen-bond acceptors (Lipinski definition) is 6. The maximum absolute atomic E-state index is 12.5. The van der Waals surface area contributed by atoms with Crippen LogP contribution in [0.5, 0.6) is 11.5 Å². The Bertz CT molecular complexity index is 921. The lowest BCUT2D eigenvalue weighted by Gasteiger charge is -2.09. The van der Waals surface area contributed by atoms with E-state index in [0.29, 0.717) is 27.8 Å². The van der Waals surface area contributed by atoms with E-state index in [-0.39, 0.29) is 5.91 Å². The third-order valence-corrected chi connectivity index (χ3v) is 4.64. The summed E-state index contributed by atoms with van der Waals surface area (Å²) in [5.41, 5.74) is 3.06. The van der Waals surface area contributed by atoms with Gasteiger partial charge >= 0.3 is 0 Å². The summed E-state index contributed by atoms with van der Waals surface area (Å²) in [4.78, 5) is 21.3. The first-order valence-corrected chi connectivity index (χ1v) is 8.11. The number of ether oxygens (including phenoxy) is 2. The topological polar surface area (TPSA) is 73.3 Å². The first kappa shape index (κ1) is 16.2. The number of nitrogens with one attached hydrogen (secondary N) is 1. The number of anilines is 1. The number of aryl methyl sites for hydroxylation is 2. The van der Waals surface area contributed by atoms with Crippen LogP contribution in [0.3, 0.4) is 0 Å². The lowest BCUT2D eigenvalue weighted by Crippen LogP contribution is -2.13. The Morgan fingerprint density at radius 1 is 1.12 bits per heavy atom. The predicted molar refractivity (Wildman–Crippen MR) is 94.4 cm³/mol. The minimum Gasteiger partial charge on any atom is -0.497 e. The standard InChI is InChI=1S/C17H17N3O3S/c1-9-7-10(2)18-15-14(9)24-17(19-15)20-16(21)12-6-5-11(22-3)8-13(12)23-4/h5-8H,1-4H3,(H,18,19,20,21). The zero-order valence-electron chi connectivity index (χ0n) is 13.8. The molecule has 1 amide bonds. The van der Waals surface area contributed by atoms with Gasteiger partial charge in [0.1, 0.15) is 11.5 Å². The number of rotatable bonds is 4. The number of methoxy groups -OCH3 is 2. The Labute approximate surface area is 143 Å². The summed E-state index contributed by atoms with van der Waals surface area (Å²) >= 11 is 1.41. The molecule has 7 heteroatoms. The lowest BCUT2D eigenvalue weighted by atomic mass is 10.2. The first-order chi connectivity index (χ1) is 11.5. The molecule has 0 aliphatic carbocycles. The van der Waals surface area contributed by atoms with Crippen molar-refractivity contribution >= 4 is 32.7 Å². The van der Waals surface area contributed by atoms with Crippen molar-refractivity contribution in [3.8, 4) is 11.5 Å². The van der Waals surface area contributed by atoms with Gasteiger partial charge in [-0.25, -0.2) is 4.98 Å². The minimum atomic E-state index is -0.289. The fraction of sp³-hybridized carbons (Fsp3) is 0.235. The maximum atomic E-state index is 12.5. The zero-order chi connectivity index (χ0) is 17.3. The van der Waals surface area contributed by atoms with Crippen LogP contribution in [0.2, 0.25) is 0 Å². The van der Waals surface area contributed by atoms with Crippen molar-refractivity contribution in [1.82, 2.24) is 9.97 Å². The highest BCUT2D eigenvalue weighted by Gasteiger charge is 2.16. The summed E-state index contributed by atoms with van der Waals surface area (Å²) in [7, 11) is 3.08. The molecule has 2 aromatic heterocycles. The van der Waals surface area contributed by atoms with Gasteiger partial charge < -0.3 is 9.47 Å². The molecule has 1 aromatic carbocycles. The van der Waals surface area contributed by atoms with Crippen LogP contribution < -0.4 is 14.8 Å². The first-order valence-electron chi connectivity index (χ1n) is 7.30. The zero-order valence-corrected chi connectivity index (χ0v) is 14.7. The van der Waals surface area contributed by atoms with Crippen LogP contribution in [-0.4, -0.2) is 30.1 Å². The second-order valence-corrected chi connectivity index (χ2v) is 6.27. The van der Waals surface area contributed by atoms with E-state index in [1.165, 1.54) is 18.4 Å².